The molecule has 0 amide bonds. The number of halogens is 1. The van der Waals surface area contributed by atoms with E-state index >= 15 is 0 Å². The Balaban J connectivity index is 1.40. The van der Waals surface area contributed by atoms with Crippen molar-refractivity contribution in [1.29, 1.82) is 0 Å². The molecule has 34 heavy (non-hydrogen) atoms. The van der Waals surface area contributed by atoms with Crippen LogP contribution >= 0.6 is 15.9 Å². The molecule has 1 N–H and O–H groups in total. The number of anilines is 1. The molecule has 1 saturated heterocycles. The Labute approximate surface area is 210 Å². The number of hydrogen-bond donors (Lipinski definition) is 1. The summed E-state index contributed by atoms with van der Waals surface area (Å²) in [7, 11) is 0. The van der Waals surface area contributed by atoms with Gasteiger partial charge in [0, 0.05) is 35.0 Å². The fourth-order valence-electron chi connectivity index (χ4n) is 5.08. The molecule has 0 unspecified atom stereocenters. The highest BCUT2D eigenvalue weighted by atomic mass is 79.9. The van der Waals surface area contributed by atoms with Gasteiger partial charge in [-0.15, -0.1) is 0 Å². The topological polar surface area (TPSA) is 58.1 Å². The monoisotopic (exact) mass is 518 g/mol. The first-order valence-corrected chi connectivity index (χ1v) is 13.1. The first-order valence-electron chi connectivity index (χ1n) is 12.3. The van der Waals surface area contributed by atoms with Gasteiger partial charge in [0.2, 0.25) is 0 Å². The normalized spacial score (nSPS) is 15.1. The van der Waals surface area contributed by atoms with Crippen LogP contribution in [0.15, 0.2) is 46.9 Å². The highest BCUT2D eigenvalue weighted by Crippen LogP contribution is 2.40. The van der Waals surface area contributed by atoms with E-state index in [4.69, 9.17) is 9.97 Å². The molecule has 0 radical (unpaired) electrons. The van der Waals surface area contributed by atoms with Crippen molar-refractivity contribution in [3.8, 4) is 11.1 Å². The van der Waals surface area contributed by atoms with E-state index in [1.807, 2.05) is 24.3 Å². The van der Waals surface area contributed by atoms with Gasteiger partial charge in [-0.1, -0.05) is 46.6 Å². The lowest BCUT2D eigenvalue weighted by Crippen LogP contribution is -2.31. The quantitative estimate of drug-likeness (QED) is 0.232. The summed E-state index contributed by atoms with van der Waals surface area (Å²) in [5, 5.41) is 3.65. The number of likely N-dealkylation sites (tertiary alicyclic amines) is 1. The van der Waals surface area contributed by atoms with Crippen molar-refractivity contribution in [3.05, 3.63) is 75.1 Å². The molecule has 3 aromatic rings. The second-order valence-electron chi connectivity index (χ2n) is 9.40. The number of rotatable bonds is 8. The second kappa shape index (κ2) is 10.4. The predicted octanol–water partition coefficient (Wildman–Crippen LogP) is 5.89. The van der Waals surface area contributed by atoms with Gasteiger partial charge in [-0.05, 0) is 80.7 Å². The van der Waals surface area contributed by atoms with Gasteiger partial charge in [0.25, 0.3) is 0 Å². The summed E-state index contributed by atoms with van der Waals surface area (Å²) in [6.45, 7) is 6.09. The van der Waals surface area contributed by atoms with Crippen LogP contribution in [0.4, 0.5) is 5.82 Å². The van der Waals surface area contributed by atoms with Crippen molar-refractivity contribution >= 4 is 27.5 Å². The second-order valence-corrected chi connectivity index (χ2v) is 10.3. The van der Waals surface area contributed by atoms with Gasteiger partial charge < -0.3 is 10.2 Å². The Morgan fingerprint density at radius 1 is 1.09 bits per heavy atom. The lowest BCUT2D eigenvalue weighted by molar-refractivity contribution is 0.101. The van der Waals surface area contributed by atoms with E-state index < -0.39 is 0 Å². The molecule has 2 aliphatic rings. The largest absolute Gasteiger partial charge is 0.369 e. The zero-order chi connectivity index (χ0) is 23.5. The summed E-state index contributed by atoms with van der Waals surface area (Å²) in [5.74, 6) is 1.84. The molecule has 0 spiro atoms. The lowest BCUT2D eigenvalue weighted by atomic mass is 10.0. The highest BCUT2D eigenvalue weighted by molar-refractivity contribution is 9.10. The SMILES string of the molecule is CC(=O)c1ccc2c(c1)Cc1nc(Cc3cccc(Br)c3)nc(NCCCN3CCCCC3)c1-2. The zero-order valence-corrected chi connectivity index (χ0v) is 21.3. The average Bonchev–Trinajstić information content (AvgIpc) is 3.20. The molecule has 2 aromatic carbocycles. The number of carbonyl (C=O) groups is 1. The molecule has 176 valence electrons. The minimum absolute atomic E-state index is 0.0937. The molecule has 1 fully saturated rings. The summed E-state index contributed by atoms with van der Waals surface area (Å²) in [4.78, 5) is 24.5. The molecular formula is C28H31BrN4O. The molecule has 0 saturated carbocycles. The molecule has 1 aliphatic heterocycles. The third kappa shape index (κ3) is 5.23. The van der Waals surface area contributed by atoms with E-state index in [9.17, 15) is 4.79 Å². The van der Waals surface area contributed by atoms with E-state index in [-0.39, 0.29) is 5.78 Å². The number of nitrogens with zero attached hydrogens (tertiary/aromatic N) is 3. The van der Waals surface area contributed by atoms with Crippen molar-refractivity contribution in [3.63, 3.8) is 0 Å². The highest BCUT2D eigenvalue weighted by Gasteiger charge is 2.26. The van der Waals surface area contributed by atoms with Gasteiger partial charge in [-0.2, -0.15) is 0 Å². The summed E-state index contributed by atoms with van der Waals surface area (Å²) in [6, 6.07) is 14.3. The number of carbonyl (C=O) groups excluding carboxylic acids is 1. The van der Waals surface area contributed by atoms with Crippen LogP contribution in [-0.4, -0.2) is 46.8 Å². The maximum absolute atomic E-state index is 11.9. The number of fused-ring (bicyclic) bond motifs is 3. The van der Waals surface area contributed by atoms with Gasteiger partial charge in [0.05, 0.1) is 5.69 Å². The molecular weight excluding hydrogens is 488 g/mol. The Hall–Kier alpha value is -2.57. The first-order chi connectivity index (χ1) is 16.6. The van der Waals surface area contributed by atoms with Crippen molar-refractivity contribution in [2.24, 2.45) is 0 Å². The summed E-state index contributed by atoms with van der Waals surface area (Å²) < 4.78 is 1.06. The van der Waals surface area contributed by atoms with Crippen LogP contribution in [0.1, 0.15) is 65.6 Å². The van der Waals surface area contributed by atoms with Crippen molar-refractivity contribution in [2.75, 3.05) is 31.5 Å². The smallest absolute Gasteiger partial charge is 0.159 e. The van der Waals surface area contributed by atoms with Crippen LogP contribution in [0.5, 0.6) is 0 Å². The first kappa shape index (κ1) is 23.2. The lowest BCUT2D eigenvalue weighted by Gasteiger charge is -2.26. The van der Waals surface area contributed by atoms with Gasteiger partial charge in [0.15, 0.2) is 5.78 Å². The molecule has 1 aromatic heterocycles. The Kier molecular flexibility index (Phi) is 7.07. The van der Waals surface area contributed by atoms with E-state index in [0.717, 1.165) is 70.0 Å². The molecule has 2 heterocycles. The van der Waals surface area contributed by atoms with Gasteiger partial charge >= 0.3 is 0 Å². The van der Waals surface area contributed by atoms with Crippen LogP contribution in [0.3, 0.4) is 0 Å². The number of ketones is 1. The molecule has 0 atom stereocenters. The van der Waals surface area contributed by atoms with Gasteiger partial charge in [0.1, 0.15) is 11.6 Å². The van der Waals surface area contributed by atoms with E-state index in [1.54, 1.807) is 6.92 Å². The Bertz CT molecular complexity index is 1200. The zero-order valence-electron chi connectivity index (χ0n) is 19.7. The maximum Gasteiger partial charge on any atom is 0.159 e. The third-order valence-corrected chi connectivity index (χ3v) is 7.31. The number of Topliss-reactive ketones (excluding diaryl/α,β-unsaturated/α-hetero) is 1. The molecule has 5 rings (SSSR count). The van der Waals surface area contributed by atoms with E-state index in [1.165, 1.54) is 37.9 Å². The van der Waals surface area contributed by atoms with Gasteiger partial charge in [-0.3, -0.25) is 4.79 Å². The summed E-state index contributed by atoms with van der Waals surface area (Å²) in [5.41, 5.74) is 6.39. The maximum atomic E-state index is 11.9. The Morgan fingerprint density at radius 3 is 2.74 bits per heavy atom. The third-order valence-electron chi connectivity index (χ3n) is 6.81. The van der Waals surface area contributed by atoms with Crippen LogP contribution in [0, 0.1) is 0 Å². The van der Waals surface area contributed by atoms with Gasteiger partial charge in [-0.25, -0.2) is 9.97 Å². The Morgan fingerprint density at radius 2 is 1.94 bits per heavy atom. The minimum atomic E-state index is 0.0937. The van der Waals surface area contributed by atoms with E-state index in [0.29, 0.717) is 6.42 Å². The summed E-state index contributed by atoms with van der Waals surface area (Å²) in [6.07, 6.45) is 6.53. The number of nitrogens with one attached hydrogen (secondary N) is 1. The average molecular weight is 519 g/mol. The van der Waals surface area contributed by atoms with E-state index in [2.05, 4.69) is 44.3 Å². The fourth-order valence-corrected chi connectivity index (χ4v) is 5.53. The van der Waals surface area contributed by atoms with Crippen LogP contribution in [0.2, 0.25) is 0 Å². The molecule has 5 nitrogen and oxygen atoms in total. The molecule has 6 heteroatoms. The number of hydrogen-bond acceptors (Lipinski definition) is 5. The standard InChI is InChI=1S/C28H31BrN4O/c1-19(34)21-9-10-24-22(17-21)18-25-27(24)28(30-11-6-14-33-12-3-2-4-13-33)32-26(31-25)16-20-7-5-8-23(29)15-20/h5,7-10,15,17H,2-4,6,11-14,16,18H2,1H3,(H,30,31,32). The van der Waals surface area contributed by atoms with Crippen LogP contribution < -0.4 is 5.32 Å². The summed E-state index contributed by atoms with van der Waals surface area (Å²) >= 11 is 3.57. The van der Waals surface area contributed by atoms with Crippen LogP contribution in [-0.2, 0) is 12.8 Å². The van der Waals surface area contributed by atoms with Crippen LogP contribution in [0.25, 0.3) is 11.1 Å². The molecule has 1 aliphatic carbocycles. The minimum Gasteiger partial charge on any atom is -0.369 e. The van der Waals surface area contributed by atoms with Crippen molar-refractivity contribution in [2.45, 2.75) is 45.4 Å². The number of benzene rings is 2. The van der Waals surface area contributed by atoms with Crippen molar-refractivity contribution < 1.29 is 4.79 Å². The predicted molar refractivity (Wildman–Crippen MR) is 141 cm³/mol. The fraction of sp³-hybridized carbons (Fsp3) is 0.393. The number of piperidine rings is 1. The molecule has 0 bridgehead atoms. The number of aromatic nitrogens is 2. The van der Waals surface area contributed by atoms with Crippen molar-refractivity contribution in [1.82, 2.24) is 14.9 Å².